The van der Waals surface area contributed by atoms with E-state index in [0.717, 1.165) is 51.0 Å². The minimum Gasteiger partial charge on any atom is -0.356 e. The molecule has 2 rings (SSSR count). The average Bonchev–Trinajstić information content (AvgIpc) is 2.64. The van der Waals surface area contributed by atoms with Crippen molar-refractivity contribution in [1.82, 2.24) is 10.2 Å². The molecule has 0 spiro atoms. The van der Waals surface area contributed by atoms with Crippen LogP contribution in [0.4, 0.5) is 4.39 Å². The van der Waals surface area contributed by atoms with Gasteiger partial charge in [-0.2, -0.15) is 0 Å². The Balaban J connectivity index is 1.69. The highest BCUT2D eigenvalue weighted by Gasteiger charge is 2.25. The summed E-state index contributed by atoms with van der Waals surface area (Å²) in [5, 5.41) is 3.18. The summed E-state index contributed by atoms with van der Waals surface area (Å²) in [6.07, 6.45) is 6.64. The first-order valence-corrected chi connectivity index (χ1v) is 9.86. The first kappa shape index (κ1) is 19.9. The summed E-state index contributed by atoms with van der Waals surface area (Å²) in [6, 6.07) is 6.71. The predicted molar refractivity (Wildman–Crippen MR) is 101 cm³/mol. The molecule has 1 fully saturated rings. The van der Waals surface area contributed by atoms with E-state index in [4.69, 9.17) is 0 Å². The van der Waals surface area contributed by atoms with Crippen LogP contribution < -0.4 is 5.32 Å². The lowest BCUT2D eigenvalue weighted by Crippen LogP contribution is -2.41. The number of unbranched alkanes of at least 4 members (excludes halogenated alkanes) is 1. The number of piperidine rings is 1. The molecule has 25 heavy (non-hydrogen) atoms. The van der Waals surface area contributed by atoms with Crippen LogP contribution in [0.3, 0.4) is 0 Å². The number of carbonyl (C=O) groups is 1. The summed E-state index contributed by atoms with van der Waals surface area (Å²) in [6.45, 7) is 7.95. The van der Waals surface area contributed by atoms with Crippen LogP contribution >= 0.6 is 0 Å². The number of nitrogens with zero attached hydrogens (tertiary/aromatic N) is 1. The van der Waals surface area contributed by atoms with Gasteiger partial charge in [-0.1, -0.05) is 45.2 Å². The average molecular weight is 349 g/mol. The van der Waals surface area contributed by atoms with E-state index in [1.807, 2.05) is 12.1 Å². The maximum absolute atomic E-state index is 13.0. The van der Waals surface area contributed by atoms with Gasteiger partial charge in [-0.15, -0.1) is 0 Å². The summed E-state index contributed by atoms with van der Waals surface area (Å²) in [5.41, 5.74) is 1.13. The van der Waals surface area contributed by atoms with E-state index in [9.17, 15) is 9.18 Å². The van der Waals surface area contributed by atoms with E-state index in [-0.39, 0.29) is 17.6 Å². The third kappa shape index (κ3) is 6.77. The quantitative estimate of drug-likeness (QED) is 0.719. The number of amides is 1. The van der Waals surface area contributed by atoms with Gasteiger partial charge in [0.15, 0.2) is 0 Å². The number of halogens is 1. The van der Waals surface area contributed by atoms with Crippen molar-refractivity contribution in [2.75, 3.05) is 19.6 Å². The Morgan fingerprint density at radius 1 is 1.24 bits per heavy atom. The van der Waals surface area contributed by atoms with E-state index in [0.29, 0.717) is 5.92 Å². The molecule has 0 aromatic heterocycles. The van der Waals surface area contributed by atoms with Crippen molar-refractivity contribution in [3.63, 3.8) is 0 Å². The molecule has 1 aliphatic heterocycles. The Morgan fingerprint density at radius 2 is 1.92 bits per heavy atom. The summed E-state index contributed by atoms with van der Waals surface area (Å²) < 4.78 is 13.0. The topological polar surface area (TPSA) is 32.3 Å². The fourth-order valence-corrected chi connectivity index (χ4v) is 3.53. The predicted octanol–water partition coefficient (Wildman–Crippen LogP) is 4.37. The van der Waals surface area contributed by atoms with E-state index in [1.54, 1.807) is 0 Å². The second-order valence-corrected chi connectivity index (χ2v) is 7.34. The third-order valence-electron chi connectivity index (χ3n) is 5.39. The molecule has 1 unspecified atom stereocenters. The molecule has 0 radical (unpaired) electrons. The summed E-state index contributed by atoms with van der Waals surface area (Å²) in [7, 11) is 0. The van der Waals surface area contributed by atoms with Crippen LogP contribution in [-0.2, 0) is 11.3 Å². The van der Waals surface area contributed by atoms with Crippen molar-refractivity contribution in [2.24, 2.45) is 11.8 Å². The maximum Gasteiger partial charge on any atom is 0.223 e. The molecular weight excluding hydrogens is 315 g/mol. The highest BCUT2D eigenvalue weighted by Crippen LogP contribution is 2.20. The van der Waals surface area contributed by atoms with Crippen LogP contribution in [0.1, 0.15) is 57.9 Å². The summed E-state index contributed by atoms with van der Waals surface area (Å²) >= 11 is 0. The first-order chi connectivity index (χ1) is 12.1. The van der Waals surface area contributed by atoms with Crippen LogP contribution in [0.25, 0.3) is 0 Å². The second-order valence-electron chi connectivity index (χ2n) is 7.34. The van der Waals surface area contributed by atoms with Crippen LogP contribution in [0, 0.1) is 17.7 Å². The molecule has 0 aliphatic carbocycles. The summed E-state index contributed by atoms with van der Waals surface area (Å²) in [5.74, 6) is 0.801. The van der Waals surface area contributed by atoms with Gasteiger partial charge in [-0.25, -0.2) is 4.39 Å². The van der Waals surface area contributed by atoms with Crippen molar-refractivity contribution in [2.45, 2.75) is 58.9 Å². The zero-order chi connectivity index (χ0) is 18.1. The van der Waals surface area contributed by atoms with E-state index >= 15 is 0 Å². The lowest BCUT2D eigenvalue weighted by atomic mass is 9.94. The molecule has 1 N–H and O–H groups in total. The number of benzene rings is 1. The van der Waals surface area contributed by atoms with Gasteiger partial charge in [0.25, 0.3) is 0 Å². The number of nitrogens with one attached hydrogen (secondary N) is 1. The minimum absolute atomic E-state index is 0.146. The Kier molecular flexibility index (Phi) is 8.39. The van der Waals surface area contributed by atoms with Gasteiger partial charge in [0, 0.05) is 19.0 Å². The normalized spacial score (nSPS) is 17.4. The van der Waals surface area contributed by atoms with Crippen molar-refractivity contribution in [3.8, 4) is 0 Å². The number of hydrogen-bond donors (Lipinski definition) is 1. The molecule has 0 saturated carbocycles. The van der Waals surface area contributed by atoms with Crippen LogP contribution in [0.5, 0.6) is 0 Å². The van der Waals surface area contributed by atoms with Crippen LogP contribution in [-0.4, -0.2) is 30.4 Å². The fraction of sp³-hybridized carbons (Fsp3) is 0.667. The molecule has 1 heterocycles. The van der Waals surface area contributed by atoms with Crippen molar-refractivity contribution >= 4 is 5.91 Å². The number of rotatable bonds is 9. The molecule has 1 atom stereocenters. The molecule has 4 heteroatoms. The standard InChI is InChI=1S/C21H33FN2O/c1-3-5-6-17(4-2)15-23-21(25)19-11-13-24(14-12-19)16-18-7-9-20(22)10-8-18/h7-10,17,19H,3-6,11-16H2,1-2H3,(H,23,25). The highest BCUT2D eigenvalue weighted by atomic mass is 19.1. The molecule has 3 nitrogen and oxygen atoms in total. The fourth-order valence-electron chi connectivity index (χ4n) is 3.53. The van der Waals surface area contributed by atoms with E-state index < -0.39 is 0 Å². The molecule has 1 aromatic carbocycles. The molecular formula is C21H33FN2O. The van der Waals surface area contributed by atoms with Gasteiger partial charge < -0.3 is 5.32 Å². The van der Waals surface area contributed by atoms with E-state index in [2.05, 4.69) is 24.1 Å². The Hall–Kier alpha value is -1.42. The highest BCUT2D eigenvalue weighted by molar-refractivity contribution is 5.78. The second kappa shape index (κ2) is 10.5. The van der Waals surface area contributed by atoms with Gasteiger partial charge >= 0.3 is 0 Å². The molecule has 1 saturated heterocycles. The Bertz CT molecular complexity index is 509. The van der Waals surface area contributed by atoms with Gasteiger partial charge in [0.2, 0.25) is 5.91 Å². The van der Waals surface area contributed by atoms with E-state index in [1.165, 1.54) is 31.4 Å². The van der Waals surface area contributed by atoms with Gasteiger partial charge in [-0.3, -0.25) is 9.69 Å². The monoisotopic (exact) mass is 348 g/mol. The lowest BCUT2D eigenvalue weighted by Gasteiger charge is -2.31. The molecule has 140 valence electrons. The number of likely N-dealkylation sites (tertiary alicyclic amines) is 1. The van der Waals surface area contributed by atoms with Crippen molar-refractivity contribution < 1.29 is 9.18 Å². The maximum atomic E-state index is 13.0. The molecule has 1 aliphatic rings. The Labute approximate surface area is 152 Å². The van der Waals surface area contributed by atoms with Crippen molar-refractivity contribution in [3.05, 3.63) is 35.6 Å². The largest absolute Gasteiger partial charge is 0.356 e. The van der Waals surface area contributed by atoms with Gasteiger partial charge in [0.05, 0.1) is 0 Å². The zero-order valence-corrected chi connectivity index (χ0v) is 15.8. The zero-order valence-electron chi connectivity index (χ0n) is 15.8. The van der Waals surface area contributed by atoms with Crippen LogP contribution in [0.15, 0.2) is 24.3 Å². The smallest absolute Gasteiger partial charge is 0.223 e. The molecule has 1 aromatic rings. The van der Waals surface area contributed by atoms with Gasteiger partial charge in [0.1, 0.15) is 5.82 Å². The first-order valence-electron chi connectivity index (χ1n) is 9.86. The third-order valence-corrected chi connectivity index (χ3v) is 5.39. The SMILES string of the molecule is CCCCC(CC)CNC(=O)C1CCN(Cc2ccc(F)cc2)CC1. The molecule has 0 bridgehead atoms. The number of hydrogen-bond acceptors (Lipinski definition) is 2. The van der Waals surface area contributed by atoms with Gasteiger partial charge in [-0.05, 0) is 56.0 Å². The minimum atomic E-state index is -0.191. The number of carbonyl (C=O) groups excluding carboxylic acids is 1. The van der Waals surface area contributed by atoms with Crippen molar-refractivity contribution in [1.29, 1.82) is 0 Å². The Morgan fingerprint density at radius 3 is 2.52 bits per heavy atom. The summed E-state index contributed by atoms with van der Waals surface area (Å²) in [4.78, 5) is 14.8. The van der Waals surface area contributed by atoms with Crippen LogP contribution in [0.2, 0.25) is 0 Å². The molecule has 1 amide bonds. The lowest BCUT2D eigenvalue weighted by molar-refractivity contribution is -0.126.